The Morgan fingerprint density at radius 1 is 1.02 bits per heavy atom. The number of aliphatic hydroxyl groups is 3. The maximum Gasteiger partial charge on any atom is 0.247 e. The topological polar surface area (TPSA) is 147 Å². The maximum absolute atomic E-state index is 14.1. The molecule has 0 bridgehead atoms. The van der Waals surface area contributed by atoms with Gasteiger partial charge in [0.05, 0.1) is 46.5 Å². The van der Waals surface area contributed by atoms with Crippen molar-refractivity contribution in [2.45, 2.75) is 75.7 Å². The Morgan fingerprint density at radius 3 is 2.46 bits per heavy atom. The van der Waals surface area contributed by atoms with Crippen LogP contribution < -0.4 is 24.3 Å². The Morgan fingerprint density at radius 2 is 1.78 bits per heavy atom. The van der Waals surface area contributed by atoms with Crippen molar-refractivity contribution in [3.05, 3.63) is 58.7 Å². The quantitative estimate of drug-likeness (QED) is 0.245. The molecule has 0 aromatic heterocycles. The number of fused-ring (bicyclic) bond motifs is 3. The lowest BCUT2D eigenvalue weighted by molar-refractivity contribution is -0.137. The van der Waals surface area contributed by atoms with Crippen LogP contribution in [0.25, 0.3) is 0 Å². The van der Waals surface area contributed by atoms with Gasteiger partial charge in [-0.2, -0.15) is 0 Å². The number of hydrogen-bond donors (Lipinski definition) is 4. The highest BCUT2D eigenvalue weighted by molar-refractivity contribution is 5.96. The maximum atomic E-state index is 14.1. The number of nitrogens with one attached hydrogen (secondary N) is 1. The zero-order valence-corrected chi connectivity index (χ0v) is 26.9. The standard InChI is InChI=1S/C35H46N2O9/c1-43-24-9-10-28(44-2)23(18-24)12-14-37(30(40)11-8-21-6-4-5-7-21)27-19-26(35(42)36-13-15-38)31-25-16-22(20-39)17-29(45-3)33(25)46-34(31)32(27)41/h9-10,16-19,21,27,31-32,34,38-39,41H,4-8,11-15,20H2,1-3H3,(H,36,42)/t27-,31+,32+,34+/m1/s1. The molecule has 250 valence electrons. The van der Waals surface area contributed by atoms with Crippen LogP contribution in [0.1, 0.15) is 61.1 Å². The molecule has 11 heteroatoms. The normalized spacial score (nSPS) is 21.9. The summed E-state index contributed by atoms with van der Waals surface area (Å²) >= 11 is 0. The van der Waals surface area contributed by atoms with E-state index in [0.29, 0.717) is 58.5 Å². The molecule has 1 aliphatic heterocycles. The molecule has 0 unspecified atom stereocenters. The van der Waals surface area contributed by atoms with E-state index < -0.39 is 30.1 Å². The van der Waals surface area contributed by atoms with Gasteiger partial charge in [0.25, 0.3) is 0 Å². The minimum Gasteiger partial charge on any atom is -0.497 e. The highest BCUT2D eigenvalue weighted by Crippen LogP contribution is 2.51. The summed E-state index contributed by atoms with van der Waals surface area (Å²) in [4.78, 5) is 29.4. The average Bonchev–Trinajstić information content (AvgIpc) is 3.75. The van der Waals surface area contributed by atoms with Gasteiger partial charge in [0.15, 0.2) is 11.5 Å². The highest BCUT2D eigenvalue weighted by atomic mass is 16.5. The van der Waals surface area contributed by atoms with Crippen LogP contribution in [0.2, 0.25) is 0 Å². The van der Waals surface area contributed by atoms with E-state index in [1.54, 1.807) is 37.3 Å². The number of carbonyl (C=O) groups excluding carboxylic acids is 2. The van der Waals surface area contributed by atoms with Crippen molar-refractivity contribution in [2.75, 3.05) is 41.0 Å². The molecule has 2 aliphatic carbocycles. The van der Waals surface area contributed by atoms with Crippen molar-refractivity contribution in [1.82, 2.24) is 10.2 Å². The predicted octanol–water partition coefficient (Wildman–Crippen LogP) is 2.87. The van der Waals surface area contributed by atoms with Crippen LogP contribution in [0.15, 0.2) is 42.0 Å². The van der Waals surface area contributed by atoms with Crippen LogP contribution in [0.4, 0.5) is 0 Å². The minimum absolute atomic E-state index is 0.0359. The van der Waals surface area contributed by atoms with Crippen LogP contribution in [-0.2, 0) is 22.6 Å². The van der Waals surface area contributed by atoms with Crippen molar-refractivity contribution >= 4 is 11.8 Å². The van der Waals surface area contributed by atoms with Gasteiger partial charge >= 0.3 is 0 Å². The number of benzene rings is 2. The van der Waals surface area contributed by atoms with E-state index in [0.717, 1.165) is 24.8 Å². The molecule has 11 nitrogen and oxygen atoms in total. The molecule has 2 aromatic carbocycles. The largest absolute Gasteiger partial charge is 0.497 e. The lowest BCUT2D eigenvalue weighted by atomic mass is 9.77. The first-order valence-corrected chi connectivity index (χ1v) is 16.1. The molecule has 2 amide bonds. The lowest BCUT2D eigenvalue weighted by Gasteiger charge is -2.41. The molecule has 5 rings (SSSR count). The van der Waals surface area contributed by atoms with Crippen LogP contribution in [-0.4, -0.2) is 91.3 Å². The number of carbonyl (C=O) groups is 2. The first-order chi connectivity index (χ1) is 22.3. The third kappa shape index (κ3) is 6.96. The molecule has 0 spiro atoms. The summed E-state index contributed by atoms with van der Waals surface area (Å²) in [7, 11) is 4.67. The van der Waals surface area contributed by atoms with Gasteiger partial charge in [0.2, 0.25) is 11.8 Å². The molecule has 1 fully saturated rings. The molecule has 1 saturated carbocycles. The summed E-state index contributed by atoms with van der Waals surface area (Å²) in [6.07, 6.45) is 5.68. The first kappa shape index (κ1) is 33.6. The van der Waals surface area contributed by atoms with Gasteiger partial charge in [0.1, 0.15) is 23.7 Å². The Balaban J connectivity index is 1.53. The van der Waals surface area contributed by atoms with E-state index in [4.69, 9.17) is 18.9 Å². The first-order valence-electron chi connectivity index (χ1n) is 16.1. The van der Waals surface area contributed by atoms with Gasteiger partial charge in [-0.1, -0.05) is 25.7 Å². The summed E-state index contributed by atoms with van der Waals surface area (Å²) in [5.41, 5.74) is 2.34. The molecule has 46 heavy (non-hydrogen) atoms. The summed E-state index contributed by atoms with van der Waals surface area (Å²) < 4.78 is 23.0. The van der Waals surface area contributed by atoms with E-state index in [1.165, 1.54) is 20.0 Å². The molecule has 3 aliphatic rings. The van der Waals surface area contributed by atoms with Crippen LogP contribution in [0.3, 0.4) is 0 Å². The van der Waals surface area contributed by atoms with E-state index in [-0.39, 0.29) is 32.2 Å². The fraction of sp³-hybridized carbons (Fsp3) is 0.543. The summed E-state index contributed by atoms with van der Waals surface area (Å²) in [5.74, 6) is 1.35. The monoisotopic (exact) mass is 638 g/mol. The number of aliphatic hydroxyl groups excluding tert-OH is 3. The second-order valence-corrected chi connectivity index (χ2v) is 12.2. The molecule has 4 N–H and O–H groups in total. The molecule has 0 radical (unpaired) electrons. The van der Waals surface area contributed by atoms with Crippen molar-refractivity contribution in [1.29, 1.82) is 0 Å². The fourth-order valence-corrected chi connectivity index (χ4v) is 7.15. The number of hydrogen-bond acceptors (Lipinski definition) is 9. The lowest BCUT2D eigenvalue weighted by Crippen LogP contribution is -2.56. The molecule has 0 saturated heterocycles. The van der Waals surface area contributed by atoms with Gasteiger partial charge < -0.3 is 44.5 Å². The van der Waals surface area contributed by atoms with Crippen LogP contribution in [0.5, 0.6) is 23.0 Å². The summed E-state index contributed by atoms with van der Waals surface area (Å²) in [6.45, 7) is -0.213. The predicted molar refractivity (Wildman–Crippen MR) is 170 cm³/mol. The van der Waals surface area contributed by atoms with Crippen LogP contribution in [0, 0.1) is 5.92 Å². The third-order valence-corrected chi connectivity index (χ3v) is 9.53. The Kier molecular flexibility index (Phi) is 11.1. The molecule has 1 heterocycles. The second-order valence-electron chi connectivity index (χ2n) is 12.2. The van der Waals surface area contributed by atoms with Crippen molar-refractivity contribution in [3.8, 4) is 23.0 Å². The van der Waals surface area contributed by atoms with Crippen molar-refractivity contribution in [3.63, 3.8) is 0 Å². The number of methoxy groups -OCH3 is 3. The number of amides is 2. The molecular weight excluding hydrogens is 592 g/mol. The van der Waals surface area contributed by atoms with Gasteiger partial charge in [0, 0.05) is 30.6 Å². The molecule has 2 aromatic rings. The van der Waals surface area contributed by atoms with Gasteiger partial charge in [-0.15, -0.1) is 0 Å². The zero-order valence-electron chi connectivity index (χ0n) is 26.9. The Hall–Kier alpha value is -3.80. The molecule has 4 atom stereocenters. The van der Waals surface area contributed by atoms with E-state index in [9.17, 15) is 24.9 Å². The number of rotatable bonds is 14. The van der Waals surface area contributed by atoms with Gasteiger partial charge in [-0.25, -0.2) is 0 Å². The van der Waals surface area contributed by atoms with Gasteiger partial charge in [-0.05, 0) is 66.3 Å². The summed E-state index contributed by atoms with van der Waals surface area (Å²) in [6, 6.07) is 8.04. The average molecular weight is 639 g/mol. The SMILES string of the molecule is COc1ccc(OC)c(CCN(C(=O)CCC2CCCC2)[C@@H]2C=C(C(=O)NCCO)[C@@H]3c4cc(CO)cc(OC)c4O[C@@H]3[C@H]2O)c1. The second kappa shape index (κ2) is 15.2. The van der Waals surface area contributed by atoms with E-state index >= 15 is 0 Å². The van der Waals surface area contributed by atoms with Crippen LogP contribution >= 0.6 is 0 Å². The highest BCUT2D eigenvalue weighted by Gasteiger charge is 2.51. The third-order valence-electron chi connectivity index (χ3n) is 9.53. The number of nitrogens with zero attached hydrogens (tertiary/aromatic N) is 1. The van der Waals surface area contributed by atoms with Crippen molar-refractivity contribution in [2.24, 2.45) is 5.92 Å². The zero-order chi connectivity index (χ0) is 32.8. The fourth-order valence-electron chi connectivity index (χ4n) is 7.15. The summed E-state index contributed by atoms with van der Waals surface area (Å²) in [5, 5.41) is 34.1. The number of ether oxygens (including phenoxy) is 4. The van der Waals surface area contributed by atoms with Crippen molar-refractivity contribution < 1.29 is 43.9 Å². The minimum atomic E-state index is -1.18. The molecular formula is C35H46N2O9. The smallest absolute Gasteiger partial charge is 0.247 e. The van der Waals surface area contributed by atoms with E-state index in [1.807, 2.05) is 18.2 Å². The van der Waals surface area contributed by atoms with E-state index in [2.05, 4.69) is 5.32 Å². The Labute approximate surface area is 270 Å². The Bertz CT molecular complexity index is 1420. The van der Waals surface area contributed by atoms with Gasteiger partial charge in [-0.3, -0.25) is 9.59 Å².